The van der Waals surface area contributed by atoms with Crippen LogP contribution in [0.15, 0.2) is 4.99 Å². The molecule has 0 spiro atoms. The number of hydrogen-bond acceptors (Lipinski definition) is 8. The van der Waals surface area contributed by atoms with E-state index in [9.17, 15) is 14.4 Å². The average Bonchev–Trinajstić information content (AvgIpc) is 2.84. The van der Waals surface area contributed by atoms with Gasteiger partial charge in [0.2, 0.25) is 5.91 Å². The fourth-order valence-electron chi connectivity index (χ4n) is 3.89. The highest BCUT2D eigenvalue weighted by molar-refractivity contribution is 5.80. The van der Waals surface area contributed by atoms with Gasteiger partial charge in [-0.15, -0.1) is 0 Å². The number of ether oxygens (including phenoxy) is 4. The van der Waals surface area contributed by atoms with E-state index in [4.69, 9.17) is 18.9 Å². The van der Waals surface area contributed by atoms with Crippen LogP contribution in [0, 0.1) is 5.92 Å². The molecule has 2 unspecified atom stereocenters. The number of rotatable bonds is 25. The van der Waals surface area contributed by atoms with Crippen molar-refractivity contribution < 1.29 is 33.3 Å². The van der Waals surface area contributed by atoms with E-state index < -0.39 is 0 Å². The number of ketones is 2. The van der Waals surface area contributed by atoms with E-state index in [0.29, 0.717) is 45.5 Å². The summed E-state index contributed by atoms with van der Waals surface area (Å²) in [6, 6.07) is -0.362. The molecule has 0 aliphatic carbocycles. The van der Waals surface area contributed by atoms with Gasteiger partial charge in [0.05, 0.1) is 49.8 Å². The molecule has 0 rings (SSSR count). The number of amides is 1. The molecular weight excluding hydrogens is 512 g/mol. The Morgan fingerprint density at radius 2 is 1.48 bits per heavy atom. The van der Waals surface area contributed by atoms with Gasteiger partial charge in [-0.25, -0.2) is 0 Å². The molecule has 2 atom stereocenters. The quantitative estimate of drug-likeness (QED) is 0.120. The number of Topliss-reactive ketones (excluding diaryl/α,β-unsaturated/α-hetero) is 2. The SMILES string of the molecule is CCC=NCCC(C)(C)OC(C)(C)CCOC(C)CCC(=O)NC(COCCC(C)=O)COCCC(=O)C(C)C. The van der Waals surface area contributed by atoms with Crippen LogP contribution in [0.25, 0.3) is 0 Å². The fraction of sp³-hybridized carbons (Fsp3) is 0.871. The molecule has 0 bridgehead atoms. The Bertz CT molecular complexity index is 750. The van der Waals surface area contributed by atoms with Crippen LogP contribution in [0.5, 0.6) is 0 Å². The third-order valence-electron chi connectivity index (χ3n) is 6.33. The first-order valence-electron chi connectivity index (χ1n) is 14.9. The molecule has 234 valence electrons. The highest BCUT2D eigenvalue weighted by Crippen LogP contribution is 2.26. The van der Waals surface area contributed by atoms with Gasteiger partial charge in [-0.1, -0.05) is 20.8 Å². The molecule has 1 amide bonds. The lowest BCUT2D eigenvalue weighted by atomic mass is 10.00. The van der Waals surface area contributed by atoms with E-state index in [2.05, 4.69) is 44.9 Å². The molecule has 0 saturated carbocycles. The molecule has 0 aromatic heterocycles. The lowest BCUT2D eigenvalue weighted by Crippen LogP contribution is -2.42. The Morgan fingerprint density at radius 1 is 0.875 bits per heavy atom. The van der Waals surface area contributed by atoms with E-state index >= 15 is 0 Å². The van der Waals surface area contributed by atoms with Crippen molar-refractivity contribution in [2.75, 3.05) is 39.6 Å². The van der Waals surface area contributed by atoms with E-state index in [1.54, 1.807) is 0 Å². The second-order valence-corrected chi connectivity index (χ2v) is 12.1. The summed E-state index contributed by atoms with van der Waals surface area (Å²) < 4.78 is 23.6. The fourth-order valence-corrected chi connectivity index (χ4v) is 3.89. The van der Waals surface area contributed by atoms with Crippen molar-refractivity contribution in [1.82, 2.24) is 5.32 Å². The Kier molecular flexibility index (Phi) is 20.2. The molecule has 0 fully saturated rings. The number of carbonyl (C=O) groups excluding carboxylic acids is 3. The predicted octanol–water partition coefficient (Wildman–Crippen LogP) is 5.12. The molecule has 0 aromatic rings. The molecule has 40 heavy (non-hydrogen) atoms. The summed E-state index contributed by atoms with van der Waals surface area (Å²) in [6.07, 6.45) is 5.94. The minimum Gasteiger partial charge on any atom is -0.379 e. The van der Waals surface area contributed by atoms with E-state index in [0.717, 1.165) is 25.8 Å². The van der Waals surface area contributed by atoms with Crippen molar-refractivity contribution in [1.29, 1.82) is 0 Å². The molecule has 0 aliphatic heterocycles. The van der Waals surface area contributed by atoms with Crippen molar-refractivity contribution >= 4 is 23.7 Å². The van der Waals surface area contributed by atoms with Gasteiger partial charge in [0.15, 0.2) is 0 Å². The molecule has 1 N–H and O–H groups in total. The lowest BCUT2D eigenvalue weighted by Gasteiger charge is -2.36. The van der Waals surface area contributed by atoms with Crippen LogP contribution in [0.4, 0.5) is 0 Å². The summed E-state index contributed by atoms with van der Waals surface area (Å²) in [5.41, 5.74) is -0.622. The van der Waals surface area contributed by atoms with Crippen LogP contribution < -0.4 is 5.32 Å². The van der Waals surface area contributed by atoms with Crippen LogP contribution in [0.3, 0.4) is 0 Å². The standard InChI is InChI=1S/C31H58N2O7/c1-10-17-32-18-15-30(6,7)40-31(8,9)16-21-39-26(5)11-12-29(36)33-27(22-37-19-13-25(4)34)23-38-20-14-28(35)24(2)3/h17,24,26-27H,10-16,18-23H2,1-9H3,(H,33,36). The van der Waals surface area contributed by atoms with Crippen LogP contribution in [-0.4, -0.2) is 86.6 Å². The number of carbonyl (C=O) groups is 3. The average molecular weight is 571 g/mol. The number of nitrogens with one attached hydrogen (secondary N) is 1. The lowest BCUT2D eigenvalue weighted by molar-refractivity contribution is -0.137. The third kappa shape index (κ3) is 22.1. The van der Waals surface area contributed by atoms with Crippen molar-refractivity contribution in [3.63, 3.8) is 0 Å². The van der Waals surface area contributed by atoms with Crippen LogP contribution in [-0.2, 0) is 33.3 Å². The normalized spacial score (nSPS) is 14.1. The molecular formula is C31H58N2O7. The second kappa shape index (κ2) is 21.1. The first kappa shape index (κ1) is 38.3. The first-order chi connectivity index (χ1) is 18.7. The number of nitrogens with zero attached hydrogens (tertiary/aromatic N) is 1. The van der Waals surface area contributed by atoms with Crippen LogP contribution in [0.2, 0.25) is 0 Å². The summed E-state index contributed by atoms with van der Waals surface area (Å²) >= 11 is 0. The Hall–Kier alpha value is -1.68. The number of hydrogen-bond donors (Lipinski definition) is 1. The zero-order chi connectivity index (χ0) is 30.6. The maximum Gasteiger partial charge on any atom is 0.220 e. The van der Waals surface area contributed by atoms with Crippen LogP contribution in [0.1, 0.15) is 107 Å². The predicted molar refractivity (Wildman–Crippen MR) is 160 cm³/mol. The summed E-state index contributed by atoms with van der Waals surface area (Å²) in [6.45, 7) is 20.0. The zero-order valence-electron chi connectivity index (χ0n) is 26.8. The van der Waals surface area contributed by atoms with Gasteiger partial charge in [0, 0.05) is 38.3 Å². The van der Waals surface area contributed by atoms with Gasteiger partial charge < -0.3 is 24.3 Å². The number of aliphatic imine (C=N–C) groups is 1. The maximum atomic E-state index is 12.6. The van der Waals surface area contributed by atoms with Crippen LogP contribution >= 0.6 is 0 Å². The van der Waals surface area contributed by atoms with Gasteiger partial charge in [0.1, 0.15) is 11.6 Å². The molecule has 0 aromatic carbocycles. The Labute approximate surface area is 243 Å². The molecule has 0 heterocycles. The van der Waals surface area contributed by atoms with Gasteiger partial charge >= 0.3 is 0 Å². The highest BCUT2D eigenvalue weighted by Gasteiger charge is 2.29. The summed E-state index contributed by atoms with van der Waals surface area (Å²) in [5.74, 6) is 0.0460. The van der Waals surface area contributed by atoms with Crippen molar-refractivity contribution in [3.8, 4) is 0 Å². The molecule has 9 heteroatoms. The topological polar surface area (TPSA) is 113 Å². The summed E-state index contributed by atoms with van der Waals surface area (Å²) in [4.78, 5) is 40.0. The van der Waals surface area contributed by atoms with Gasteiger partial charge in [0.25, 0.3) is 0 Å². The van der Waals surface area contributed by atoms with Crippen molar-refractivity contribution in [2.45, 2.75) is 131 Å². The van der Waals surface area contributed by atoms with E-state index in [1.165, 1.54) is 6.92 Å². The Balaban J connectivity index is 4.50. The minimum atomic E-state index is -0.362. The molecule has 0 saturated heterocycles. The van der Waals surface area contributed by atoms with E-state index in [1.807, 2.05) is 27.0 Å². The van der Waals surface area contributed by atoms with Gasteiger partial charge in [-0.2, -0.15) is 0 Å². The smallest absolute Gasteiger partial charge is 0.220 e. The Morgan fingerprint density at radius 3 is 2.05 bits per heavy atom. The minimum absolute atomic E-state index is 0.0285. The monoisotopic (exact) mass is 570 g/mol. The molecule has 0 aliphatic rings. The summed E-state index contributed by atoms with van der Waals surface area (Å²) in [7, 11) is 0. The second-order valence-electron chi connectivity index (χ2n) is 12.1. The molecule has 0 radical (unpaired) electrons. The zero-order valence-corrected chi connectivity index (χ0v) is 26.8. The third-order valence-corrected chi connectivity index (χ3v) is 6.33. The van der Waals surface area contributed by atoms with Crippen molar-refractivity contribution in [2.24, 2.45) is 10.9 Å². The summed E-state index contributed by atoms with van der Waals surface area (Å²) in [5, 5.41) is 2.96. The maximum absolute atomic E-state index is 12.6. The first-order valence-corrected chi connectivity index (χ1v) is 14.9. The molecule has 9 nitrogen and oxygen atoms in total. The highest BCUT2D eigenvalue weighted by atomic mass is 16.5. The van der Waals surface area contributed by atoms with Gasteiger partial charge in [-0.3, -0.25) is 19.4 Å². The van der Waals surface area contributed by atoms with Gasteiger partial charge in [-0.05, 0) is 73.4 Å². The largest absolute Gasteiger partial charge is 0.379 e. The van der Waals surface area contributed by atoms with Crippen molar-refractivity contribution in [3.05, 3.63) is 0 Å². The van der Waals surface area contributed by atoms with E-state index in [-0.39, 0.29) is 60.0 Å².